The molecule has 1 saturated heterocycles. The van der Waals surface area contributed by atoms with Gasteiger partial charge in [-0.3, -0.25) is 14.5 Å². The SMILES string of the molecule is CNC(=O)[C@@H]1C[C@H](N2CCc3c(cccc3OCCOC)C2)CN1C(=O)c1ccc(CN)c(OC)c1. The van der Waals surface area contributed by atoms with E-state index in [4.69, 9.17) is 19.9 Å². The van der Waals surface area contributed by atoms with Crippen LogP contribution in [-0.4, -0.2) is 81.3 Å². The van der Waals surface area contributed by atoms with Gasteiger partial charge < -0.3 is 30.2 Å². The van der Waals surface area contributed by atoms with Gasteiger partial charge in [0.25, 0.3) is 5.91 Å². The van der Waals surface area contributed by atoms with Crippen LogP contribution in [0.1, 0.15) is 33.5 Å². The summed E-state index contributed by atoms with van der Waals surface area (Å²) in [7, 11) is 4.83. The van der Waals surface area contributed by atoms with Crippen LogP contribution < -0.4 is 20.5 Å². The molecular formula is C27H36N4O5. The standard InChI is InChI=1S/C27H36N4O5/c1-29-26(32)23-14-21(17-31(23)27(33)18-7-8-19(15-28)25(13-18)35-3)30-10-9-22-20(16-30)5-4-6-24(22)36-12-11-34-2/h4-8,13,21,23H,9-12,14-17,28H2,1-3H3,(H,29,32)/t21-,23-/m0/s1. The summed E-state index contributed by atoms with van der Waals surface area (Å²) >= 11 is 0. The summed E-state index contributed by atoms with van der Waals surface area (Å²) in [6, 6.07) is 11.0. The molecule has 2 aliphatic rings. The van der Waals surface area contributed by atoms with Crippen LogP contribution in [0.4, 0.5) is 0 Å². The van der Waals surface area contributed by atoms with Crippen molar-refractivity contribution < 1.29 is 23.8 Å². The molecule has 0 aromatic heterocycles. The van der Waals surface area contributed by atoms with Crippen molar-refractivity contribution in [2.75, 3.05) is 47.6 Å². The highest BCUT2D eigenvalue weighted by Gasteiger charge is 2.42. The maximum absolute atomic E-state index is 13.6. The Balaban J connectivity index is 1.52. The lowest BCUT2D eigenvalue weighted by atomic mass is 9.97. The van der Waals surface area contributed by atoms with Crippen LogP contribution in [-0.2, 0) is 29.0 Å². The van der Waals surface area contributed by atoms with Crippen LogP contribution in [0.15, 0.2) is 36.4 Å². The quantitative estimate of drug-likeness (QED) is 0.508. The predicted octanol–water partition coefficient (Wildman–Crippen LogP) is 1.57. The molecule has 2 aromatic rings. The number of carbonyl (C=O) groups is 2. The molecule has 4 rings (SSSR count). The first-order valence-corrected chi connectivity index (χ1v) is 12.4. The van der Waals surface area contributed by atoms with Gasteiger partial charge in [0.1, 0.15) is 24.1 Å². The van der Waals surface area contributed by atoms with E-state index in [9.17, 15) is 9.59 Å². The average molecular weight is 497 g/mol. The van der Waals surface area contributed by atoms with Crippen LogP contribution >= 0.6 is 0 Å². The summed E-state index contributed by atoms with van der Waals surface area (Å²) in [5.41, 5.74) is 9.54. The van der Waals surface area contributed by atoms with E-state index in [-0.39, 0.29) is 17.9 Å². The number of ether oxygens (including phenoxy) is 3. The van der Waals surface area contributed by atoms with Crippen molar-refractivity contribution >= 4 is 11.8 Å². The lowest BCUT2D eigenvalue weighted by Gasteiger charge is -2.34. The van der Waals surface area contributed by atoms with E-state index < -0.39 is 6.04 Å². The molecule has 9 heteroatoms. The summed E-state index contributed by atoms with van der Waals surface area (Å²) in [5.74, 6) is 1.15. The number of rotatable bonds is 9. The topological polar surface area (TPSA) is 106 Å². The molecule has 2 heterocycles. The van der Waals surface area contributed by atoms with Gasteiger partial charge >= 0.3 is 0 Å². The number of fused-ring (bicyclic) bond motifs is 1. The zero-order valence-electron chi connectivity index (χ0n) is 21.3. The first-order chi connectivity index (χ1) is 17.5. The Hall–Kier alpha value is -3.14. The van der Waals surface area contributed by atoms with Crippen LogP contribution in [0.5, 0.6) is 11.5 Å². The molecule has 2 atom stereocenters. The highest BCUT2D eigenvalue weighted by atomic mass is 16.5. The van der Waals surface area contributed by atoms with Crippen LogP contribution in [0.25, 0.3) is 0 Å². The molecule has 2 aromatic carbocycles. The average Bonchev–Trinajstić information content (AvgIpc) is 3.37. The molecule has 1 fully saturated rings. The first kappa shape index (κ1) is 25.9. The Labute approximate surface area is 212 Å². The van der Waals surface area contributed by atoms with Crippen LogP contribution in [0.3, 0.4) is 0 Å². The van der Waals surface area contributed by atoms with E-state index in [0.29, 0.717) is 44.0 Å². The van der Waals surface area contributed by atoms with Gasteiger partial charge in [0.2, 0.25) is 5.91 Å². The lowest BCUT2D eigenvalue weighted by Crippen LogP contribution is -2.45. The number of nitrogens with two attached hydrogens (primary N) is 1. The third-order valence-electron chi connectivity index (χ3n) is 7.16. The molecule has 0 unspecified atom stereocenters. The summed E-state index contributed by atoms with van der Waals surface area (Å²) in [6.45, 7) is 3.45. The molecule has 2 aliphatic heterocycles. The van der Waals surface area contributed by atoms with Crippen molar-refractivity contribution in [1.82, 2.24) is 15.1 Å². The Morgan fingerprint density at radius 1 is 1.14 bits per heavy atom. The van der Waals surface area contributed by atoms with E-state index in [1.807, 2.05) is 18.2 Å². The second-order valence-electron chi connectivity index (χ2n) is 9.16. The van der Waals surface area contributed by atoms with Gasteiger partial charge in [-0.25, -0.2) is 0 Å². The molecule has 0 spiro atoms. The minimum absolute atomic E-state index is 0.0766. The van der Waals surface area contributed by atoms with Crippen molar-refractivity contribution in [3.8, 4) is 11.5 Å². The number of hydrogen-bond donors (Lipinski definition) is 2. The number of nitrogens with one attached hydrogen (secondary N) is 1. The minimum Gasteiger partial charge on any atom is -0.496 e. The van der Waals surface area contributed by atoms with Gasteiger partial charge in [-0.15, -0.1) is 0 Å². The van der Waals surface area contributed by atoms with Crippen molar-refractivity contribution in [3.05, 3.63) is 58.7 Å². The van der Waals surface area contributed by atoms with Crippen molar-refractivity contribution in [3.63, 3.8) is 0 Å². The maximum atomic E-state index is 13.6. The van der Waals surface area contributed by atoms with Crippen molar-refractivity contribution in [2.24, 2.45) is 5.73 Å². The summed E-state index contributed by atoms with van der Waals surface area (Å²) < 4.78 is 16.5. The molecule has 0 bridgehead atoms. The third kappa shape index (κ3) is 5.33. The molecule has 3 N–H and O–H groups in total. The Morgan fingerprint density at radius 2 is 1.97 bits per heavy atom. The van der Waals surface area contributed by atoms with Gasteiger partial charge in [-0.05, 0) is 42.2 Å². The Kier molecular flexibility index (Phi) is 8.45. The van der Waals surface area contributed by atoms with E-state index in [2.05, 4.69) is 16.3 Å². The predicted molar refractivity (Wildman–Crippen MR) is 136 cm³/mol. The van der Waals surface area contributed by atoms with Crippen molar-refractivity contribution in [1.29, 1.82) is 0 Å². The van der Waals surface area contributed by atoms with E-state index >= 15 is 0 Å². The maximum Gasteiger partial charge on any atom is 0.254 e. The molecule has 9 nitrogen and oxygen atoms in total. The first-order valence-electron chi connectivity index (χ1n) is 12.4. The fraction of sp³-hybridized carbons (Fsp3) is 0.481. The molecule has 2 amide bonds. The number of amides is 2. The van der Waals surface area contributed by atoms with Gasteiger partial charge in [0.05, 0.1) is 13.7 Å². The second kappa shape index (κ2) is 11.7. The lowest BCUT2D eigenvalue weighted by molar-refractivity contribution is -0.124. The van der Waals surface area contributed by atoms with Crippen LogP contribution in [0.2, 0.25) is 0 Å². The second-order valence-corrected chi connectivity index (χ2v) is 9.16. The largest absolute Gasteiger partial charge is 0.496 e. The highest BCUT2D eigenvalue weighted by molar-refractivity contribution is 5.98. The zero-order valence-corrected chi connectivity index (χ0v) is 21.3. The number of hydrogen-bond acceptors (Lipinski definition) is 7. The monoisotopic (exact) mass is 496 g/mol. The molecular weight excluding hydrogens is 460 g/mol. The number of likely N-dealkylation sites (tertiary alicyclic amines) is 1. The summed E-state index contributed by atoms with van der Waals surface area (Å²) in [5, 5.41) is 2.74. The number of methoxy groups -OCH3 is 2. The molecule has 0 aliphatic carbocycles. The Morgan fingerprint density at radius 3 is 2.69 bits per heavy atom. The highest BCUT2D eigenvalue weighted by Crippen LogP contribution is 2.33. The minimum atomic E-state index is -0.530. The zero-order chi connectivity index (χ0) is 25.7. The molecule has 36 heavy (non-hydrogen) atoms. The van der Waals surface area contributed by atoms with Gasteiger partial charge in [0, 0.05) is 57.5 Å². The summed E-state index contributed by atoms with van der Waals surface area (Å²) in [4.78, 5) is 30.4. The van der Waals surface area contributed by atoms with Crippen LogP contribution in [0, 0.1) is 0 Å². The van der Waals surface area contributed by atoms with Gasteiger partial charge in [-0.1, -0.05) is 18.2 Å². The smallest absolute Gasteiger partial charge is 0.254 e. The fourth-order valence-electron chi connectivity index (χ4n) is 5.21. The third-order valence-corrected chi connectivity index (χ3v) is 7.16. The molecule has 0 radical (unpaired) electrons. The number of nitrogens with zero attached hydrogens (tertiary/aromatic N) is 2. The van der Waals surface area contributed by atoms with Crippen molar-refractivity contribution in [2.45, 2.75) is 38.0 Å². The molecule has 194 valence electrons. The number of benzene rings is 2. The van der Waals surface area contributed by atoms with Gasteiger partial charge in [0.15, 0.2) is 0 Å². The Bertz CT molecular complexity index is 1090. The van der Waals surface area contributed by atoms with E-state index in [1.165, 1.54) is 11.1 Å². The fourth-order valence-corrected chi connectivity index (χ4v) is 5.21. The van der Waals surface area contributed by atoms with E-state index in [0.717, 1.165) is 30.8 Å². The number of likely N-dealkylation sites (N-methyl/N-ethyl adjacent to an activating group) is 1. The molecule has 0 saturated carbocycles. The van der Waals surface area contributed by atoms with Gasteiger partial charge in [-0.2, -0.15) is 0 Å². The number of carbonyl (C=O) groups excluding carboxylic acids is 2. The summed E-state index contributed by atoms with van der Waals surface area (Å²) in [6.07, 6.45) is 1.44. The normalized spacial score (nSPS) is 19.6. The van der Waals surface area contributed by atoms with E-state index in [1.54, 1.807) is 38.3 Å².